The molecular weight excluding hydrogens is 241 g/mol. The molecule has 100 valence electrons. The van der Waals surface area contributed by atoms with Crippen molar-refractivity contribution in [2.24, 2.45) is 0 Å². The van der Waals surface area contributed by atoms with Gasteiger partial charge < -0.3 is 5.32 Å². The van der Waals surface area contributed by atoms with Gasteiger partial charge in [0.25, 0.3) is 0 Å². The molecule has 0 saturated heterocycles. The first-order chi connectivity index (χ1) is 9.22. The second-order valence-electron chi connectivity index (χ2n) is 4.49. The third-order valence-electron chi connectivity index (χ3n) is 2.92. The molecule has 0 aliphatic carbocycles. The molecule has 2 rings (SSSR count). The van der Waals surface area contributed by atoms with E-state index in [1.165, 1.54) is 6.20 Å². The summed E-state index contributed by atoms with van der Waals surface area (Å²) in [5.41, 5.74) is 2.34. The lowest BCUT2D eigenvalue weighted by Crippen LogP contribution is -2.25. The van der Waals surface area contributed by atoms with Gasteiger partial charge in [0.2, 0.25) is 0 Å². The Morgan fingerprint density at radius 3 is 2.84 bits per heavy atom. The number of aromatic nitrogens is 2. The standard InChI is InChI=1S/C15H18FN3/c1-3-8-18-15(12-7-9-17-10-13(12)16)14-6-4-5-11(2)19-14/h4-7,9-10,15,18H,3,8H2,1-2H3. The molecule has 4 heteroatoms. The molecular formula is C15H18FN3. The lowest BCUT2D eigenvalue weighted by molar-refractivity contribution is 0.535. The molecule has 0 aliphatic heterocycles. The van der Waals surface area contributed by atoms with Gasteiger partial charge in [-0.15, -0.1) is 0 Å². The Bertz CT molecular complexity index is 542. The van der Waals surface area contributed by atoms with E-state index < -0.39 is 0 Å². The summed E-state index contributed by atoms with van der Waals surface area (Å²) in [6, 6.07) is 7.26. The summed E-state index contributed by atoms with van der Waals surface area (Å²) in [7, 11) is 0. The molecule has 1 unspecified atom stereocenters. The van der Waals surface area contributed by atoms with E-state index in [1.807, 2.05) is 25.1 Å². The van der Waals surface area contributed by atoms with Crippen molar-refractivity contribution in [2.45, 2.75) is 26.3 Å². The largest absolute Gasteiger partial charge is 0.305 e. The normalized spacial score (nSPS) is 12.4. The van der Waals surface area contributed by atoms with Gasteiger partial charge in [0.1, 0.15) is 5.82 Å². The summed E-state index contributed by atoms with van der Waals surface area (Å²) in [6.07, 6.45) is 3.83. The lowest BCUT2D eigenvalue weighted by atomic mass is 10.0. The predicted octanol–water partition coefficient (Wildman–Crippen LogP) is 3.01. The summed E-state index contributed by atoms with van der Waals surface area (Å²) in [4.78, 5) is 8.29. The average molecular weight is 259 g/mol. The number of hydrogen-bond donors (Lipinski definition) is 1. The highest BCUT2D eigenvalue weighted by Gasteiger charge is 2.18. The van der Waals surface area contributed by atoms with Crippen molar-refractivity contribution in [1.29, 1.82) is 0 Å². The summed E-state index contributed by atoms with van der Waals surface area (Å²) in [5, 5.41) is 3.34. The Morgan fingerprint density at radius 2 is 2.16 bits per heavy atom. The predicted molar refractivity (Wildman–Crippen MR) is 73.3 cm³/mol. The zero-order valence-electron chi connectivity index (χ0n) is 11.2. The summed E-state index contributed by atoms with van der Waals surface area (Å²) >= 11 is 0. The van der Waals surface area contributed by atoms with Crippen LogP contribution in [0.25, 0.3) is 0 Å². The third kappa shape index (κ3) is 3.35. The summed E-state index contributed by atoms with van der Waals surface area (Å²) in [5.74, 6) is -0.306. The van der Waals surface area contributed by atoms with Gasteiger partial charge in [-0.05, 0) is 38.1 Å². The SMILES string of the molecule is CCCNC(c1cccc(C)n1)c1ccncc1F. The zero-order valence-corrected chi connectivity index (χ0v) is 11.2. The van der Waals surface area contributed by atoms with Crippen molar-refractivity contribution >= 4 is 0 Å². The van der Waals surface area contributed by atoms with E-state index in [2.05, 4.69) is 22.2 Å². The third-order valence-corrected chi connectivity index (χ3v) is 2.92. The molecule has 3 nitrogen and oxygen atoms in total. The van der Waals surface area contributed by atoms with Crippen LogP contribution in [0, 0.1) is 12.7 Å². The molecule has 1 N–H and O–H groups in total. The van der Waals surface area contributed by atoms with Gasteiger partial charge in [-0.2, -0.15) is 0 Å². The molecule has 0 amide bonds. The van der Waals surface area contributed by atoms with Crippen LogP contribution in [-0.4, -0.2) is 16.5 Å². The van der Waals surface area contributed by atoms with E-state index in [0.717, 1.165) is 24.4 Å². The smallest absolute Gasteiger partial charge is 0.146 e. The fraction of sp³-hybridized carbons (Fsp3) is 0.333. The minimum absolute atomic E-state index is 0.233. The quantitative estimate of drug-likeness (QED) is 0.897. The maximum atomic E-state index is 13.9. The fourth-order valence-corrected chi connectivity index (χ4v) is 2.01. The summed E-state index contributed by atoms with van der Waals surface area (Å²) in [6.45, 7) is 4.82. The molecule has 0 saturated carbocycles. The van der Waals surface area contributed by atoms with Crippen LogP contribution in [0.1, 0.15) is 36.3 Å². The number of halogens is 1. The second-order valence-corrected chi connectivity index (χ2v) is 4.49. The number of rotatable bonds is 5. The highest BCUT2D eigenvalue weighted by Crippen LogP contribution is 2.22. The number of aryl methyl sites for hydroxylation is 1. The molecule has 0 aromatic carbocycles. The van der Waals surface area contributed by atoms with Gasteiger partial charge in [-0.1, -0.05) is 13.0 Å². The molecule has 0 fully saturated rings. The average Bonchev–Trinajstić information content (AvgIpc) is 2.41. The van der Waals surface area contributed by atoms with Crippen LogP contribution in [0.3, 0.4) is 0 Å². The zero-order chi connectivity index (χ0) is 13.7. The molecule has 2 aromatic rings. The fourth-order valence-electron chi connectivity index (χ4n) is 2.01. The van der Waals surface area contributed by atoms with Crippen LogP contribution >= 0.6 is 0 Å². The Labute approximate surface area is 112 Å². The van der Waals surface area contributed by atoms with E-state index in [4.69, 9.17) is 0 Å². The van der Waals surface area contributed by atoms with Gasteiger partial charge in [0.05, 0.1) is 17.9 Å². The maximum absolute atomic E-state index is 13.9. The monoisotopic (exact) mass is 259 g/mol. The maximum Gasteiger partial charge on any atom is 0.146 e. The van der Waals surface area contributed by atoms with E-state index in [0.29, 0.717) is 5.56 Å². The molecule has 1 atom stereocenters. The van der Waals surface area contributed by atoms with Crippen molar-refractivity contribution < 1.29 is 4.39 Å². The highest BCUT2D eigenvalue weighted by molar-refractivity contribution is 5.28. The Hall–Kier alpha value is -1.81. The Kier molecular flexibility index (Phi) is 4.58. The summed E-state index contributed by atoms with van der Waals surface area (Å²) < 4.78 is 13.9. The first kappa shape index (κ1) is 13.6. The molecule has 0 spiro atoms. The van der Waals surface area contributed by atoms with Crippen LogP contribution in [0.5, 0.6) is 0 Å². The molecule has 0 bridgehead atoms. The first-order valence-corrected chi connectivity index (χ1v) is 6.48. The number of nitrogens with one attached hydrogen (secondary N) is 1. The minimum Gasteiger partial charge on any atom is -0.305 e. The molecule has 19 heavy (non-hydrogen) atoms. The van der Waals surface area contributed by atoms with Gasteiger partial charge in [0, 0.05) is 17.5 Å². The number of nitrogens with zero attached hydrogens (tertiary/aromatic N) is 2. The molecule has 2 aromatic heterocycles. The first-order valence-electron chi connectivity index (χ1n) is 6.48. The van der Waals surface area contributed by atoms with Crippen LogP contribution in [0.4, 0.5) is 4.39 Å². The number of hydrogen-bond acceptors (Lipinski definition) is 3. The van der Waals surface area contributed by atoms with Crippen LogP contribution in [-0.2, 0) is 0 Å². The van der Waals surface area contributed by atoms with Crippen molar-refractivity contribution in [1.82, 2.24) is 15.3 Å². The minimum atomic E-state index is -0.306. The molecule has 0 aliphatic rings. The van der Waals surface area contributed by atoms with Crippen molar-refractivity contribution in [2.75, 3.05) is 6.54 Å². The highest BCUT2D eigenvalue weighted by atomic mass is 19.1. The van der Waals surface area contributed by atoms with Crippen molar-refractivity contribution in [3.8, 4) is 0 Å². The van der Waals surface area contributed by atoms with Gasteiger partial charge >= 0.3 is 0 Å². The van der Waals surface area contributed by atoms with E-state index in [9.17, 15) is 4.39 Å². The van der Waals surface area contributed by atoms with Crippen molar-refractivity contribution in [3.05, 3.63) is 59.4 Å². The van der Waals surface area contributed by atoms with E-state index >= 15 is 0 Å². The van der Waals surface area contributed by atoms with E-state index in [-0.39, 0.29) is 11.9 Å². The van der Waals surface area contributed by atoms with Crippen LogP contribution in [0.15, 0.2) is 36.7 Å². The van der Waals surface area contributed by atoms with Crippen LogP contribution in [0.2, 0.25) is 0 Å². The van der Waals surface area contributed by atoms with Crippen molar-refractivity contribution in [3.63, 3.8) is 0 Å². The lowest BCUT2D eigenvalue weighted by Gasteiger charge is -2.19. The van der Waals surface area contributed by atoms with Crippen LogP contribution < -0.4 is 5.32 Å². The molecule has 0 radical (unpaired) electrons. The number of pyridine rings is 2. The van der Waals surface area contributed by atoms with Gasteiger partial charge in [-0.25, -0.2) is 4.39 Å². The van der Waals surface area contributed by atoms with Gasteiger partial charge in [-0.3, -0.25) is 9.97 Å². The molecule has 2 heterocycles. The second kappa shape index (κ2) is 6.38. The Morgan fingerprint density at radius 1 is 1.32 bits per heavy atom. The van der Waals surface area contributed by atoms with Gasteiger partial charge in [0.15, 0.2) is 0 Å². The Balaban J connectivity index is 2.38. The van der Waals surface area contributed by atoms with E-state index in [1.54, 1.807) is 12.3 Å². The topological polar surface area (TPSA) is 37.8 Å².